The predicted octanol–water partition coefficient (Wildman–Crippen LogP) is -2.65. The molecule has 0 bridgehead atoms. The monoisotopic (exact) mass is 56.1 g/mol. The van der Waals surface area contributed by atoms with Gasteiger partial charge in [-0.1, -0.05) is 0 Å². The summed E-state index contributed by atoms with van der Waals surface area (Å²) in [6.45, 7) is 0. The highest BCUT2D eigenvalue weighted by Gasteiger charge is 1.58. The molecule has 0 atom stereocenters. The van der Waals surface area contributed by atoms with E-state index in [0.29, 0.717) is 7.55 Å². The molecule has 0 heterocycles. The first-order valence-electron chi connectivity index (χ1n) is 1.26. The van der Waals surface area contributed by atoms with Crippen LogP contribution in [0.25, 0.3) is 0 Å². The summed E-state index contributed by atoms with van der Waals surface area (Å²) in [7, 11) is 2.38. The Kier molecular flexibility index (Phi) is 3.09. The molecule has 0 fully saturated rings. The molecular weight excluding hydrogens is 49.6 g/mol. The summed E-state index contributed by atoms with van der Waals surface area (Å²) < 4.78 is 0. The van der Waals surface area contributed by atoms with Crippen molar-refractivity contribution in [2.45, 2.75) is 0 Å². The maximum absolute atomic E-state index is 4.92. The average molecular weight is 55.7 g/mol. The molecule has 0 saturated carbocycles. The molecule has 3 N–H and O–H groups in total. The second-order valence-electron chi connectivity index (χ2n) is 0.558. The van der Waals surface area contributed by atoms with Crippen LogP contribution in [0.15, 0.2) is 0 Å². The first-order valence-corrected chi connectivity index (χ1v) is 1.26. The Bertz CT molecular complexity index is 6.00. The van der Waals surface area contributed by atoms with Gasteiger partial charge < -0.3 is 10.8 Å². The highest BCUT2D eigenvalue weighted by Crippen LogP contribution is 1.05. The van der Waals surface area contributed by atoms with Gasteiger partial charge in [0.2, 0.25) is 0 Å². The molecule has 0 spiro atoms. The van der Waals surface area contributed by atoms with Crippen molar-refractivity contribution in [1.29, 1.82) is 0 Å². The molecule has 0 rings (SSSR count). The maximum Gasteiger partial charge on any atom is 0.271 e. The van der Waals surface area contributed by atoms with Crippen LogP contribution in [0.5, 0.6) is 0 Å². The van der Waals surface area contributed by atoms with Crippen LogP contribution >= 0.6 is 0 Å². The van der Waals surface area contributed by atoms with Crippen molar-refractivity contribution in [3.05, 3.63) is 0 Å². The van der Waals surface area contributed by atoms with Gasteiger partial charge in [-0.3, -0.25) is 0 Å². The molecule has 22 valence electrons. The van der Waals surface area contributed by atoms with E-state index in [2.05, 4.69) is 5.14 Å². The highest BCUT2D eigenvalue weighted by molar-refractivity contribution is 6.38. The number of hydrogen-bond donors (Lipinski definition) is 2. The zero-order valence-corrected chi connectivity index (χ0v) is 2.78. The summed E-state index contributed by atoms with van der Waals surface area (Å²) in [6.07, 6.45) is 0. The standard InChI is InChI=1S/B2H6N2/c1-4-2-3/h2,4H,1,3H2. The first-order chi connectivity index (χ1) is 1.91. The molecular formula is H6B2N2. The number of nitrogens with two attached hydrogens (primary N) is 1. The van der Waals surface area contributed by atoms with Crippen molar-refractivity contribution in [3.8, 4) is 0 Å². The lowest BCUT2D eigenvalue weighted by molar-refractivity contribution is 1.57. The van der Waals surface area contributed by atoms with Gasteiger partial charge in [0.25, 0.3) is 7.55 Å². The number of rotatable bonds is 1. The topological polar surface area (TPSA) is 38.0 Å². The lowest BCUT2D eigenvalue weighted by atomic mass is 10.1. The Morgan fingerprint density at radius 1 is 2.00 bits per heavy atom. The third-order valence-electron chi connectivity index (χ3n) is 0.204. The third kappa shape index (κ3) is 2.05. The third-order valence-corrected chi connectivity index (χ3v) is 0.204. The van der Waals surface area contributed by atoms with Crippen molar-refractivity contribution in [3.63, 3.8) is 0 Å². The second kappa shape index (κ2) is 3.05. The Morgan fingerprint density at radius 2 is 2.25 bits per heavy atom. The zero-order valence-electron chi connectivity index (χ0n) is 2.78. The van der Waals surface area contributed by atoms with Crippen LogP contribution in [-0.4, -0.2) is 15.5 Å². The van der Waals surface area contributed by atoms with Crippen molar-refractivity contribution in [2.75, 3.05) is 0 Å². The van der Waals surface area contributed by atoms with Crippen molar-refractivity contribution >= 4 is 15.5 Å². The minimum Gasteiger partial charge on any atom is -0.393 e. The lowest BCUT2D eigenvalue weighted by Gasteiger charge is -1.72. The van der Waals surface area contributed by atoms with Gasteiger partial charge in [0.1, 0.15) is 0 Å². The minimum atomic E-state index is 0.569. The van der Waals surface area contributed by atoms with Crippen LogP contribution < -0.4 is 10.8 Å². The van der Waals surface area contributed by atoms with E-state index in [1.54, 1.807) is 7.98 Å². The van der Waals surface area contributed by atoms with Crippen LogP contribution in [0.1, 0.15) is 0 Å². The zero-order chi connectivity index (χ0) is 3.41. The van der Waals surface area contributed by atoms with Crippen molar-refractivity contribution in [1.82, 2.24) is 5.14 Å². The molecule has 2 nitrogen and oxygen atoms in total. The van der Waals surface area contributed by atoms with Crippen LogP contribution in [0.4, 0.5) is 0 Å². The largest absolute Gasteiger partial charge is 0.393 e. The quantitative estimate of drug-likeness (QED) is 0.322. The summed E-state index contributed by atoms with van der Waals surface area (Å²) in [6, 6.07) is 0. The van der Waals surface area contributed by atoms with Gasteiger partial charge in [-0.2, -0.15) is 0 Å². The van der Waals surface area contributed by atoms with Crippen molar-refractivity contribution in [2.24, 2.45) is 5.64 Å². The molecule has 0 aliphatic rings. The van der Waals surface area contributed by atoms with Gasteiger partial charge in [-0.15, -0.1) is 0 Å². The fraction of sp³-hybridized carbons (Fsp3) is 0. The van der Waals surface area contributed by atoms with E-state index in [0.717, 1.165) is 0 Å². The molecule has 0 radical (unpaired) electrons. The maximum atomic E-state index is 4.92. The summed E-state index contributed by atoms with van der Waals surface area (Å²) in [5, 5.41) is 2.71. The summed E-state index contributed by atoms with van der Waals surface area (Å²) in [4.78, 5) is 0. The molecule has 0 aliphatic heterocycles. The Labute approximate surface area is 27.5 Å². The van der Waals surface area contributed by atoms with Crippen LogP contribution in [0, 0.1) is 0 Å². The molecule has 0 saturated heterocycles. The smallest absolute Gasteiger partial charge is 0.271 e. The Balaban J connectivity index is 1.97. The van der Waals surface area contributed by atoms with Gasteiger partial charge in [0, 0.05) is 0 Å². The molecule has 0 aliphatic carbocycles. The van der Waals surface area contributed by atoms with E-state index in [1.807, 2.05) is 0 Å². The summed E-state index contributed by atoms with van der Waals surface area (Å²) >= 11 is 0. The number of hydrogen-bond acceptors (Lipinski definition) is 2. The van der Waals surface area contributed by atoms with Gasteiger partial charge in [-0.25, -0.2) is 0 Å². The summed E-state index contributed by atoms with van der Waals surface area (Å²) in [5.41, 5.74) is 4.92. The van der Waals surface area contributed by atoms with Crippen LogP contribution in [-0.2, 0) is 0 Å². The lowest BCUT2D eigenvalue weighted by Crippen LogP contribution is -2.23. The Morgan fingerprint density at radius 3 is 2.25 bits per heavy atom. The Hall–Kier alpha value is 0.0499. The fourth-order valence-electron chi connectivity index (χ4n) is 0. The van der Waals surface area contributed by atoms with Crippen LogP contribution in [0.3, 0.4) is 0 Å². The van der Waals surface area contributed by atoms with E-state index in [9.17, 15) is 0 Å². The van der Waals surface area contributed by atoms with Gasteiger partial charge >= 0.3 is 0 Å². The van der Waals surface area contributed by atoms with Crippen LogP contribution in [0.2, 0.25) is 0 Å². The van der Waals surface area contributed by atoms with E-state index in [-0.39, 0.29) is 0 Å². The predicted molar refractivity (Wildman–Crippen MR) is 23.0 cm³/mol. The van der Waals surface area contributed by atoms with Gasteiger partial charge in [0.05, 0.1) is 0 Å². The molecule has 4 heteroatoms. The normalized spacial score (nSPS) is 6.25. The van der Waals surface area contributed by atoms with E-state index in [4.69, 9.17) is 5.64 Å². The molecule has 0 unspecified atom stereocenters. The van der Waals surface area contributed by atoms with Gasteiger partial charge in [-0.05, 0) is 0 Å². The average Bonchev–Trinajstić information content (AvgIpc) is 1.37. The van der Waals surface area contributed by atoms with E-state index in [1.165, 1.54) is 0 Å². The number of nitrogens with one attached hydrogen (secondary N) is 1. The molecule has 4 heavy (non-hydrogen) atoms. The van der Waals surface area contributed by atoms with E-state index >= 15 is 0 Å². The fourth-order valence-corrected chi connectivity index (χ4v) is 0. The summed E-state index contributed by atoms with van der Waals surface area (Å²) in [5.74, 6) is 0. The second-order valence-corrected chi connectivity index (χ2v) is 0.558. The molecule has 0 aromatic carbocycles. The SMILES string of the molecule is BNBN. The molecule has 0 aromatic heterocycles. The minimum absolute atomic E-state index is 0.569. The molecule has 0 amide bonds. The first kappa shape index (κ1) is 4.05. The highest BCUT2D eigenvalue weighted by atomic mass is 14.7. The van der Waals surface area contributed by atoms with E-state index < -0.39 is 0 Å². The van der Waals surface area contributed by atoms with Crippen molar-refractivity contribution < 1.29 is 0 Å². The van der Waals surface area contributed by atoms with Gasteiger partial charge in [0.15, 0.2) is 7.98 Å². The molecule has 0 aromatic rings.